The minimum atomic E-state index is -0.0351. The molecule has 5 nitrogen and oxygen atoms in total. The number of pyridine rings is 1. The Morgan fingerprint density at radius 1 is 1.00 bits per heavy atom. The summed E-state index contributed by atoms with van der Waals surface area (Å²) in [5.41, 5.74) is 2.90. The Labute approximate surface area is 183 Å². The van der Waals surface area contributed by atoms with Crippen molar-refractivity contribution in [1.29, 1.82) is 0 Å². The molecule has 1 heterocycles. The first-order valence-corrected chi connectivity index (χ1v) is 10.2. The first kappa shape index (κ1) is 21.9. The molecule has 1 amide bonds. The van der Waals surface area contributed by atoms with Crippen LogP contribution in [0.1, 0.15) is 41.6 Å². The molecule has 0 atom stereocenters. The first-order chi connectivity index (χ1) is 14.1. The monoisotopic (exact) mass is 425 g/mol. The summed E-state index contributed by atoms with van der Waals surface area (Å²) in [5, 5.41) is 7.96. The number of carbonyl (C=O) groups excluding carboxylic acids is 1. The number of hydrogen-bond donors (Lipinski definition) is 2. The summed E-state index contributed by atoms with van der Waals surface area (Å²) in [6.07, 6.45) is 3.94. The van der Waals surface area contributed by atoms with E-state index in [0.717, 1.165) is 37.0 Å². The van der Waals surface area contributed by atoms with E-state index in [2.05, 4.69) is 35.8 Å². The fraction of sp³-hybridized carbons (Fsp3) is 0.333. The van der Waals surface area contributed by atoms with Crippen LogP contribution in [0.5, 0.6) is 5.75 Å². The van der Waals surface area contributed by atoms with Gasteiger partial charge in [0.25, 0.3) is 5.91 Å². The second-order valence-corrected chi connectivity index (χ2v) is 7.74. The Bertz CT molecular complexity index is 1020. The zero-order valence-electron chi connectivity index (χ0n) is 17.4. The Kier molecular flexibility index (Phi) is 7.16. The number of carbonyl (C=O) groups is 1. The van der Waals surface area contributed by atoms with Crippen molar-refractivity contribution < 1.29 is 9.53 Å². The third-order valence-corrected chi connectivity index (χ3v) is 5.67. The average molecular weight is 426 g/mol. The maximum atomic E-state index is 12.5. The third kappa shape index (κ3) is 5.03. The van der Waals surface area contributed by atoms with Crippen molar-refractivity contribution in [2.75, 3.05) is 12.4 Å². The van der Waals surface area contributed by atoms with Crippen LogP contribution >= 0.6 is 12.4 Å². The van der Waals surface area contributed by atoms with Crippen molar-refractivity contribution in [1.82, 2.24) is 10.3 Å². The molecular weight excluding hydrogens is 398 g/mol. The highest BCUT2D eigenvalue weighted by Crippen LogP contribution is 2.25. The number of rotatable bonds is 5. The van der Waals surface area contributed by atoms with Crippen LogP contribution in [0, 0.1) is 6.92 Å². The summed E-state index contributed by atoms with van der Waals surface area (Å²) in [6, 6.07) is 18.2. The number of aryl methyl sites for hydroxylation is 1. The van der Waals surface area contributed by atoms with Crippen LogP contribution in [0.15, 0.2) is 54.6 Å². The van der Waals surface area contributed by atoms with Crippen molar-refractivity contribution in [3.05, 3.63) is 65.7 Å². The summed E-state index contributed by atoms with van der Waals surface area (Å²) in [5.74, 6) is 1.60. The molecular formula is C24H28ClN3O2. The molecule has 1 saturated carbocycles. The van der Waals surface area contributed by atoms with E-state index in [0.29, 0.717) is 17.4 Å². The zero-order valence-corrected chi connectivity index (χ0v) is 18.2. The van der Waals surface area contributed by atoms with Crippen LogP contribution in [0.25, 0.3) is 10.9 Å². The van der Waals surface area contributed by atoms with E-state index in [1.54, 1.807) is 13.2 Å². The molecule has 158 valence electrons. The number of methoxy groups -OCH3 is 1. The minimum Gasteiger partial charge on any atom is -0.497 e. The highest BCUT2D eigenvalue weighted by molar-refractivity contribution is 5.94. The number of hydrogen-bond acceptors (Lipinski definition) is 4. The van der Waals surface area contributed by atoms with Gasteiger partial charge in [0.15, 0.2) is 0 Å². The molecule has 1 aliphatic carbocycles. The average Bonchev–Trinajstić information content (AvgIpc) is 2.75. The largest absolute Gasteiger partial charge is 0.497 e. The number of ether oxygens (including phenoxy) is 1. The predicted molar refractivity (Wildman–Crippen MR) is 124 cm³/mol. The fourth-order valence-electron chi connectivity index (χ4n) is 4.05. The topological polar surface area (TPSA) is 63.2 Å². The molecule has 3 aromatic rings. The summed E-state index contributed by atoms with van der Waals surface area (Å²) < 4.78 is 5.21. The zero-order chi connectivity index (χ0) is 20.2. The van der Waals surface area contributed by atoms with E-state index in [9.17, 15) is 4.79 Å². The number of aromatic nitrogens is 1. The predicted octanol–water partition coefficient (Wildman–Crippen LogP) is 5.13. The van der Waals surface area contributed by atoms with Crippen LogP contribution in [-0.2, 0) is 0 Å². The van der Waals surface area contributed by atoms with Crippen LogP contribution < -0.4 is 15.4 Å². The lowest BCUT2D eigenvalue weighted by molar-refractivity contribution is 0.0926. The molecule has 1 fully saturated rings. The Hall–Kier alpha value is -2.79. The number of para-hydroxylation sites is 1. The van der Waals surface area contributed by atoms with Crippen molar-refractivity contribution in [2.24, 2.45) is 0 Å². The van der Waals surface area contributed by atoms with Gasteiger partial charge in [0.05, 0.1) is 12.6 Å². The van der Waals surface area contributed by atoms with Crippen molar-refractivity contribution in [3.8, 4) is 5.75 Å². The molecule has 2 N–H and O–H groups in total. The van der Waals surface area contributed by atoms with Crippen molar-refractivity contribution in [3.63, 3.8) is 0 Å². The molecule has 1 aliphatic rings. The van der Waals surface area contributed by atoms with E-state index in [4.69, 9.17) is 9.72 Å². The smallest absolute Gasteiger partial charge is 0.251 e. The van der Waals surface area contributed by atoms with Gasteiger partial charge in [0.2, 0.25) is 0 Å². The van der Waals surface area contributed by atoms with E-state index in [-0.39, 0.29) is 24.4 Å². The normalized spacial score (nSPS) is 18.3. The lowest BCUT2D eigenvalue weighted by Crippen LogP contribution is -2.40. The van der Waals surface area contributed by atoms with Crippen LogP contribution in [0.4, 0.5) is 5.82 Å². The van der Waals surface area contributed by atoms with Gasteiger partial charge in [-0.1, -0.05) is 24.3 Å². The number of halogens is 1. The quantitative estimate of drug-likeness (QED) is 0.595. The van der Waals surface area contributed by atoms with Crippen LogP contribution in [0.3, 0.4) is 0 Å². The Morgan fingerprint density at radius 3 is 2.50 bits per heavy atom. The second kappa shape index (κ2) is 9.81. The third-order valence-electron chi connectivity index (χ3n) is 5.67. The molecule has 0 radical (unpaired) electrons. The van der Waals surface area contributed by atoms with Crippen LogP contribution in [-0.4, -0.2) is 30.1 Å². The van der Waals surface area contributed by atoms with Gasteiger partial charge in [-0.15, -0.1) is 12.4 Å². The summed E-state index contributed by atoms with van der Waals surface area (Å²) in [7, 11) is 1.61. The van der Waals surface area contributed by atoms with Gasteiger partial charge in [-0.05, 0) is 68.5 Å². The molecule has 0 saturated heterocycles. The summed E-state index contributed by atoms with van der Waals surface area (Å²) in [4.78, 5) is 17.3. The molecule has 4 rings (SSSR count). The number of anilines is 1. The number of nitrogens with one attached hydrogen (secondary N) is 2. The highest BCUT2D eigenvalue weighted by atomic mass is 35.5. The molecule has 0 unspecified atom stereocenters. The molecule has 0 aliphatic heterocycles. The second-order valence-electron chi connectivity index (χ2n) is 7.74. The van der Waals surface area contributed by atoms with Gasteiger partial charge in [-0.2, -0.15) is 0 Å². The molecule has 2 aromatic carbocycles. The number of amides is 1. The molecule has 0 spiro atoms. The molecule has 1 aromatic heterocycles. The standard InChI is InChI=1S/C24H27N3O2.ClH/c1-16-14-23(27-22-9-4-3-8-21(16)22)25-18-10-12-19(13-11-18)26-24(28)17-6-5-7-20(15-17)29-2;/h3-9,14-15,18-19H,10-13H2,1-2H3,(H,25,27)(H,26,28);1H. The van der Waals surface area contributed by atoms with Gasteiger partial charge in [-0.25, -0.2) is 4.98 Å². The maximum absolute atomic E-state index is 12.5. The van der Waals surface area contributed by atoms with Gasteiger partial charge in [-0.3, -0.25) is 4.79 Å². The van der Waals surface area contributed by atoms with Gasteiger partial charge >= 0.3 is 0 Å². The van der Waals surface area contributed by atoms with E-state index >= 15 is 0 Å². The van der Waals surface area contributed by atoms with Gasteiger partial charge in [0, 0.05) is 23.0 Å². The van der Waals surface area contributed by atoms with Gasteiger partial charge < -0.3 is 15.4 Å². The Morgan fingerprint density at radius 2 is 1.73 bits per heavy atom. The summed E-state index contributed by atoms with van der Waals surface area (Å²) in [6.45, 7) is 2.13. The number of fused-ring (bicyclic) bond motifs is 1. The minimum absolute atomic E-state index is 0. The first-order valence-electron chi connectivity index (χ1n) is 10.2. The van der Waals surface area contributed by atoms with E-state index < -0.39 is 0 Å². The van der Waals surface area contributed by atoms with Crippen LogP contribution in [0.2, 0.25) is 0 Å². The maximum Gasteiger partial charge on any atom is 0.251 e. The van der Waals surface area contributed by atoms with E-state index in [1.165, 1.54) is 10.9 Å². The van der Waals surface area contributed by atoms with E-state index in [1.807, 2.05) is 30.3 Å². The SMILES string of the molecule is COc1cccc(C(=O)NC2CCC(Nc3cc(C)c4ccccc4n3)CC2)c1.Cl. The highest BCUT2D eigenvalue weighted by Gasteiger charge is 2.23. The summed E-state index contributed by atoms with van der Waals surface area (Å²) >= 11 is 0. The molecule has 0 bridgehead atoms. The number of benzene rings is 2. The van der Waals surface area contributed by atoms with Gasteiger partial charge in [0.1, 0.15) is 11.6 Å². The molecule has 30 heavy (non-hydrogen) atoms. The van der Waals surface area contributed by atoms with Crippen molar-refractivity contribution in [2.45, 2.75) is 44.7 Å². The number of nitrogens with zero attached hydrogens (tertiary/aromatic N) is 1. The molecule has 6 heteroatoms. The lowest BCUT2D eigenvalue weighted by atomic mass is 9.91. The Balaban J connectivity index is 0.00000256. The van der Waals surface area contributed by atoms with Crippen molar-refractivity contribution >= 4 is 35.0 Å². The lowest BCUT2D eigenvalue weighted by Gasteiger charge is -2.30. The fourth-order valence-corrected chi connectivity index (χ4v) is 4.05.